The van der Waals surface area contributed by atoms with Gasteiger partial charge in [0.15, 0.2) is 0 Å². The molecule has 0 aromatic heterocycles. The minimum atomic E-state index is -3.60. The molecule has 1 unspecified atom stereocenters. The zero-order valence-corrected chi connectivity index (χ0v) is 12.6. The van der Waals surface area contributed by atoms with Crippen molar-refractivity contribution < 1.29 is 13.5 Å². The number of benzene rings is 1. The van der Waals surface area contributed by atoms with Crippen molar-refractivity contribution in [1.82, 2.24) is 4.31 Å². The SMILES string of the molecule is Cc1cc(N)cc(S(=O)(=O)N2CCCCCC2CO)c1. The number of sulfonamides is 1. The Morgan fingerprint density at radius 2 is 2.05 bits per heavy atom. The van der Waals surface area contributed by atoms with Gasteiger partial charge in [-0.25, -0.2) is 8.42 Å². The Morgan fingerprint density at radius 1 is 1.30 bits per heavy atom. The first-order chi connectivity index (χ1) is 9.45. The van der Waals surface area contributed by atoms with Crippen molar-refractivity contribution in [2.24, 2.45) is 0 Å². The third-order valence-corrected chi connectivity index (χ3v) is 5.64. The van der Waals surface area contributed by atoms with Crippen LogP contribution in [0.4, 0.5) is 5.69 Å². The van der Waals surface area contributed by atoms with E-state index in [0.717, 1.165) is 24.8 Å². The zero-order valence-electron chi connectivity index (χ0n) is 11.7. The second-order valence-electron chi connectivity index (χ2n) is 5.38. The Labute approximate surface area is 120 Å². The van der Waals surface area contributed by atoms with Gasteiger partial charge in [-0.05, 0) is 43.5 Å². The quantitative estimate of drug-likeness (QED) is 0.828. The van der Waals surface area contributed by atoms with Gasteiger partial charge in [-0.3, -0.25) is 0 Å². The van der Waals surface area contributed by atoms with Crippen molar-refractivity contribution in [1.29, 1.82) is 0 Å². The highest BCUT2D eigenvalue weighted by atomic mass is 32.2. The number of hydrogen-bond donors (Lipinski definition) is 2. The maximum absolute atomic E-state index is 12.8. The fourth-order valence-corrected chi connectivity index (χ4v) is 4.54. The zero-order chi connectivity index (χ0) is 14.8. The minimum absolute atomic E-state index is 0.138. The summed E-state index contributed by atoms with van der Waals surface area (Å²) in [6, 6.07) is 4.53. The molecule has 1 fully saturated rings. The Balaban J connectivity index is 2.41. The highest BCUT2D eigenvalue weighted by Gasteiger charge is 2.32. The first-order valence-corrected chi connectivity index (χ1v) is 8.39. The van der Waals surface area contributed by atoms with E-state index in [-0.39, 0.29) is 17.5 Å². The fourth-order valence-electron chi connectivity index (χ4n) is 2.71. The normalized spacial score (nSPS) is 21.6. The molecule has 112 valence electrons. The molecular formula is C14H22N2O3S. The number of anilines is 1. The summed E-state index contributed by atoms with van der Waals surface area (Å²) in [6.07, 6.45) is 3.49. The molecule has 0 spiro atoms. The van der Waals surface area contributed by atoms with Gasteiger partial charge in [-0.1, -0.05) is 12.8 Å². The molecule has 5 nitrogen and oxygen atoms in total. The van der Waals surface area contributed by atoms with Gasteiger partial charge in [0.25, 0.3) is 0 Å². The lowest BCUT2D eigenvalue weighted by atomic mass is 10.1. The average Bonchev–Trinajstić information content (AvgIpc) is 2.62. The van der Waals surface area contributed by atoms with E-state index in [0.29, 0.717) is 18.7 Å². The maximum Gasteiger partial charge on any atom is 0.243 e. The smallest absolute Gasteiger partial charge is 0.243 e. The first kappa shape index (κ1) is 15.3. The van der Waals surface area contributed by atoms with Crippen LogP contribution in [-0.4, -0.2) is 37.0 Å². The van der Waals surface area contributed by atoms with Gasteiger partial charge in [0.2, 0.25) is 10.0 Å². The van der Waals surface area contributed by atoms with Crippen LogP contribution in [0.2, 0.25) is 0 Å². The van der Waals surface area contributed by atoms with Crippen LogP contribution in [0.15, 0.2) is 23.1 Å². The van der Waals surface area contributed by atoms with Gasteiger partial charge in [0, 0.05) is 18.3 Å². The molecule has 1 aliphatic rings. The van der Waals surface area contributed by atoms with Crippen LogP contribution in [0.5, 0.6) is 0 Å². The Kier molecular flexibility index (Phi) is 4.67. The number of nitrogens with zero attached hydrogens (tertiary/aromatic N) is 1. The number of hydrogen-bond acceptors (Lipinski definition) is 4. The van der Waals surface area contributed by atoms with Crippen LogP contribution in [0, 0.1) is 6.92 Å². The molecule has 2 rings (SSSR count). The monoisotopic (exact) mass is 298 g/mol. The van der Waals surface area contributed by atoms with Gasteiger partial charge in [-0.15, -0.1) is 0 Å². The molecule has 0 amide bonds. The summed E-state index contributed by atoms with van der Waals surface area (Å²) in [6.45, 7) is 2.14. The molecule has 1 aromatic rings. The van der Waals surface area contributed by atoms with Crippen LogP contribution in [0.25, 0.3) is 0 Å². The van der Waals surface area contributed by atoms with Gasteiger partial charge in [0.05, 0.1) is 11.5 Å². The van der Waals surface area contributed by atoms with E-state index < -0.39 is 10.0 Å². The van der Waals surface area contributed by atoms with Crippen molar-refractivity contribution in [2.45, 2.75) is 43.5 Å². The molecule has 20 heavy (non-hydrogen) atoms. The summed E-state index contributed by atoms with van der Waals surface area (Å²) in [5.74, 6) is 0. The van der Waals surface area contributed by atoms with Crippen molar-refractivity contribution >= 4 is 15.7 Å². The van der Waals surface area contributed by atoms with Crippen molar-refractivity contribution in [2.75, 3.05) is 18.9 Å². The van der Waals surface area contributed by atoms with Gasteiger partial charge in [-0.2, -0.15) is 4.31 Å². The number of aryl methyl sites for hydroxylation is 1. The van der Waals surface area contributed by atoms with Crippen molar-refractivity contribution in [3.8, 4) is 0 Å². The van der Waals surface area contributed by atoms with Crippen LogP contribution in [0.1, 0.15) is 31.2 Å². The van der Waals surface area contributed by atoms with E-state index in [1.165, 1.54) is 10.4 Å². The number of aliphatic hydroxyl groups excluding tert-OH is 1. The Hall–Kier alpha value is -1.11. The van der Waals surface area contributed by atoms with Crippen molar-refractivity contribution in [3.63, 3.8) is 0 Å². The van der Waals surface area contributed by atoms with Gasteiger partial charge in [0.1, 0.15) is 0 Å². The van der Waals surface area contributed by atoms with Crippen LogP contribution in [-0.2, 0) is 10.0 Å². The predicted octanol–water partition coefficient (Wildman–Crippen LogP) is 1.50. The lowest BCUT2D eigenvalue weighted by Crippen LogP contribution is -2.42. The summed E-state index contributed by atoms with van der Waals surface area (Å²) in [5, 5.41) is 9.48. The summed E-state index contributed by atoms with van der Waals surface area (Å²) in [4.78, 5) is 0.218. The standard InChI is InChI=1S/C14H22N2O3S/c1-11-7-12(15)9-14(8-11)20(18,19)16-6-4-2-3-5-13(16)10-17/h7-9,13,17H,2-6,10,15H2,1H3. The van der Waals surface area contributed by atoms with Crippen molar-refractivity contribution in [3.05, 3.63) is 23.8 Å². The van der Waals surface area contributed by atoms with Crippen LogP contribution >= 0.6 is 0 Å². The summed E-state index contributed by atoms with van der Waals surface area (Å²) in [5.41, 5.74) is 7.01. The Bertz CT molecular complexity index is 552. The second-order valence-corrected chi connectivity index (χ2v) is 7.27. The first-order valence-electron chi connectivity index (χ1n) is 6.95. The summed E-state index contributed by atoms with van der Waals surface area (Å²) >= 11 is 0. The maximum atomic E-state index is 12.8. The molecule has 0 saturated carbocycles. The highest BCUT2D eigenvalue weighted by molar-refractivity contribution is 7.89. The predicted molar refractivity (Wildman–Crippen MR) is 78.8 cm³/mol. The molecule has 0 bridgehead atoms. The molecule has 1 heterocycles. The van der Waals surface area contributed by atoms with E-state index >= 15 is 0 Å². The lowest BCUT2D eigenvalue weighted by Gasteiger charge is -2.27. The average molecular weight is 298 g/mol. The molecule has 1 atom stereocenters. The molecule has 1 saturated heterocycles. The van der Waals surface area contributed by atoms with E-state index in [1.807, 2.05) is 6.92 Å². The second kappa shape index (κ2) is 6.11. The highest BCUT2D eigenvalue weighted by Crippen LogP contribution is 2.26. The molecule has 6 heteroatoms. The number of aliphatic hydroxyl groups is 1. The lowest BCUT2D eigenvalue weighted by molar-refractivity contribution is 0.186. The van der Waals surface area contributed by atoms with Gasteiger partial charge < -0.3 is 10.8 Å². The molecule has 3 N–H and O–H groups in total. The molecule has 0 radical (unpaired) electrons. The third-order valence-electron chi connectivity index (χ3n) is 3.71. The minimum Gasteiger partial charge on any atom is -0.399 e. The van der Waals surface area contributed by atoms with Crippen LogP contribution in [0.3, 0.4) is 0 Å². The third kappa shape index (κ3) is 3.13. The largest absolute Gasteiger partial charge is 0.399 e. The number of nitrogen functional groups attached to an aromatic ring is 1. The summed E-state index contributed by atoms with van der Waals surface area (Å²) < 4.78 is 27.0. The van der Waals surface area contributed by atoms with Crippen LogP contribution < -0.4 is 5.73 Å². The number of nitrogens with two attached hydrogens (primary N) is 1. The molecular weight excluding hydrogens is 276 g/mol. The molecule has 1 aliphatic heterocycles. The molecule has 0 aliphatic carbocycles. The number of rotatable bonds is 3. The Morgan fingerprint density at radius 3 is 2.70 bits per heavy atom. The van der Waals surface area contributed by atoms with E-state index in [9.17, 15) is 13.5 Å². The van der Waals surface area contributed by atoms with Gasteiger partial charge >= 0.3 is 0 Å². The van der Waals surface area contributed by atoms with E-state index in [1.54, 1.807) is 12.1 Å². The molecule has 1 aromatic carbocycles. The van der Waals surface area contributed by atoms with E-state index in [2.05, 4.69) is 0 Å². The topological polar surface area (TPSA) is 83.6 Å². The fraction of sp³-hybridized carbons (Fsp3) is 0.571. The summed E-state index contributed by atoms with van der Waals surface area (Å²) in [7, 11) is -3.60. The van der Waals surface area contributed by atoms with E-state index in [4.69, 9.17) is 5.73 Å².